The highest BCUT2D eigenvalue weighted by molar-refractivity contribution is 5.85. The Morgan fingerprint density at radius 3 is 2.81 bits per heavy atom. The van der Waals surface area contributed by atoms with E-state index in [4.69, 9.17) is 9.47 Å². The number of hydrogen-bond donors (Lipinski definition) is 2. The number of carbonyl (C=O) groups excluding carboxylic acids is 1. The highest BCUT2D eigenvalue weighted by atomic mass is 35.5. The van der Waals surface area contributed by atoms with Gasteiger partial charge in [0.2, 0.25) is 5.91 Å². The zero-order chi connectivity index (χ0) is 17.7. The lowest BCUT2D eigenvalue weighted by atomic mass is 9.92. The van der Waals surface area contributed by atoms with E-state index in [0.717, 1.165) is 55.6 Å². The topological polar surface area (TPSA) is 59.6 Å². The maximum absolute atomic E-state index is 12.5. The molecule has 146 valence electrons. The van der Waals surface area contributed by atoms with Crippen molar-refractivity contribution in [2.24, 2.45) is 11.3 Å². The SMILES string of the molecule is COCCCOc1cc(C)ccc1CNC(=O)C1CC12CCNCC2.Cl. The molecule has 0 bridgehead atoms. The number of hydrogen-bond acceptors (Lipinski definition) is 4. The summed E-state index contributed by atoms with van der Waals surface area (Å²) in [5, 5.41) is 6.51. The molecule has 0 radical (unpaired) electrons. The van der Waals surface area contributed by atoms with E-state index < -0.39 is 0 Å². The first-order chi connectivity index (χ1) is 12.1. The van der Waals surface area contributed by atoms with E-state index in [1.165, 1.54) is 0 Å². The number of amides is 1. The van der Waals surface area contributed by atoms with Crippen LogP contribution in [-0.4, -0.2) is 39.3 Å². The lowest BCUT2D eigenvalue weighted by Gasteiger charge is -2.23. The average molecular weight is 383 g/mol. The van der Waals surface area contributed by atoms with Crippen molar-refractivity contribution >= 4 is 18.3 Å². The van der Waals surface area contributed by atoms with E-state index in [0.29, 0.717) is 19.8 Å². The van der Waals surface area contributed by atoms with Crippen LogP contribution < -0.4 is 15.4 Å². The molecule has 0 aromatic heterocycles. The van der Waals surface area contributed by atoms with Crippen molar-refractivity contribution in [3.05, 3.63) is 29.3 Å². The summed E-state index contributed by atoms with van der Waals surface area (Å²) in [7, 11) is 1.70. The number of carbonyl (C=O) groups is 1. The molecular weight excluding hydrogens is 352 g/mol. The predicted octanol–water partition coefficient (Wildman–Crippen LogP) is 2.84. The largest absolute Gasteiger partial charge is 0.493 e. The number of benzene rings is 1. The van der Waals surface area contributed by atoms with Gasteiger partial charge in [-0.2, -0.15) is 0 Å². The maximum Gasteiger partial charge on any atom is 0.223 e. The third-order valence-corrected chi connectivity index (χ3v) is 5.53. The molecule has 1 saturated heterocycles. The van der Waals surface area contributed by atoms with Crippen molar-refractivity contribution in [3.63, 3.8) is 0 Å². The predicted molar refractivity (Wildman–Crippen MR) is 105 cm³/mol. The van der Waals surface area contributed by atoms with Crippen LogP contribution in [0, 0.1) is 18.3 Å². The number of methoxy groups -OCH3 is 1. The van der Waals surface area contributed by atoms with Crippen LogP contribution in [-0.2, 0) is 16.1 Å². The number of ether oxygens (including phenoxy) is 2. The third kappa shape index (κ3) is 5.12. The fourth-order valence-electron chi connectivity index (χ4n) is 3.83. The van der Waals surface area contributed by atoms with Gasteiger partial charge in [-0.05, 0) is 56.3 Å². The summed E-state index contributed by atoms with van der Waals surface area (Å²) in [6, 6.07) is 6.16. The molecule has 1 aliphatic carbocycles. The van der Waals surface area contributed by atoms with Gasteiger partial charge in [0, 0.05) is 38.2 Å². The molecule has 26 heavy (non-hydrogen) atoms. The lowest BCUT2D eigenvalue weighted by molar-refractivity contribution is -0.123. The Kier molecular flexibility index (Phi) is 7.74. The molecule has 6 heteroatoms. The van der Waals surface area contributed by atoms with Crippen LogP contribution >= 0.6 is 12.4 Å². The summed E-state index contributed by atoms with van der Waals surface area (Å²) in [5.74, 6) is 1.27. The number of piperidine rings is 1. The summed E-state index contributed by atoms with van der Waals surface area (Å²) in [6.45, 7) is 5.98. The monoisotopic (exact) mass is 382 g/mol. The Hall–Kier alpha value is -1.30. The Balaban J connectivity index is 0.00000243. The molecule has 1 aromatic carbocycles. The van der Waals surface area contributed by atoms with Gasteiger partial charge in [0.25, 0.3) is 0 Å². The molecule has 1 aromatic rings. The van der Waals surface area contributed by atoms with Gasteiger partial charge in [-0.3, -0.25) is 4.79 Å². The molecule has 1 amide bonds. The van der Waals surface area contributed by atoms with Gasteiger partial charge in [-0.15, -0.1) is 12.4 Å². The van der Waals surface area contributed by atoms with E-state index in [9.17, 15) is 4.79 Å². The van der Waals surface area contributed by atoms with Crippen LogP contribution in [0.3, 0.4) is 0 Å². The number of halogens is 1. The van der Waals surface area contributed by atoms with Gasteiger partial charge in [-0.1, -0.05) is 12.1 Å². The van der Waals surface area contributed by atoms with Gasteiger partial charge >= 0.3 is 0 Å². The van der Waals surface area contributed by atoms with Crippen molar-refractivity contribution < 1.29 is 14.3 Å². The van der Waals surface area contributed by atoms with Crippen LogP contribution in [0.15, 0.2) is 18.2 Å². The molecule has 1 unspecified atom stereocenters. The van der Waals surface area contributed by atoms with Crippen molar-refractivity contribution in [2.75, 3.05) is 33.4 Å². The van der Waals surface area contributed by atoms with E-state index in [1.807, 2.05) is 6.07 Å². The fraction of sp³-hybridized carbons (Fsp3) is 0.650. The molecule has 2 aliphatic rings. The lowest BCUT2D eigenvalue weighted by Crippen LogP contribution is -2.33. The minimum absolute atomic E-state index is 0. The number of rotatable bonds is 8. The zero-order valence-electron chi connectivity index (χ0n) is 15.8. The first-order valence-electron chi connectivity index (χ1n) is 9.34. The smallest absolute Gasteiger partial charge is 0.223 e. The van der Waals surface area contributed by atoms with E-state index in [1.54, 1.807) is 7.11 Å². The molecule has 1 atom stereocenters. The second kappa shape index (κ2) is 9.58. The third-order valence-electron chi connectivity index (χ3n) is 5.53. The highest BCUT2D eigenvalue weighted by Crippen LogP contribution is 2.58. The Morgan fingerprint density at radius 2 is 2.08 bits per heavy atom. The fourth-order valence-corrected chi connectivity index (χ4v) is 3.83. The second-order valence-corrected chi connectivity index (χ2v) is 7.39. The van der Waals surface area contributed by atoms with E-state index >= 15 is 0 Å². The summed E-state index contributed by atoms with van der Waals surface area (Å²) in [5.41, 5.74) is 2.48. The summed E-state index contributed by atoms with van der Waals surface area (Å²) < 4.78 is 11.0. The summed E-state index contributed by atoms with van der Waals surface area (Å²) >= 11 is 0. The van der Waals surface area contributed by atoms with E-state index in [-0.39, 0.29) is 29.6 Å². The van der Waals surface area contributed by atoms with Gasteiger partial charge in [-0.25, -0.2) is 0 Å². The van der Waals surface area contributed by atoms with Crippen LogP contribution in [0.5, 0.6) is 5.75 Å². The van der Waals surface area contributed by atoms with Crippen molar-refractivity contribution in [3.8, 4) is 5.75 Å². The van der Waals surface area contributed by atoms with Crippen LogP contribution in [0.4, 0.5) is 0 Å². The normalized spacial score (nSPS) is 20.3. The van der Waals surface area contributed by atoms with Gasteiger partial charge in [0.1, 0.15) is 5.75 Å². The quantitative estimate of drug-likeness (QED) is 0.679. The molecule has 2 N–H and O–H groups in total. The van der Waals surface area contributed by atoms with Gasteiger partial charge < -0.3 is 20.1 Å². The van der Waals surface area contributed by atoms with Gasteiger partial charge in [0.05, 0.1) is 6.61 Å². The average Bonchev–Trinajstić information content (AvgIpc) is 3.31. The molecular formula is C20H31ClN2O3. The van der Waals surface area contributed by atoms with Crippen molar-refractivity contribution in [1.82, 2.24) is 10.6 Å². The molecule has 1 heterocycles. The molecule has 2 fully saturated rings. The second-order valence-electron chi connectivity index (χ2n) is 7.39. The summed E-state index contributed by atoms with van der Waals surface area (Å²) in [6.07, 6.45) is 4.16. The number of aryl methyl sites for hydroxylation is 1. The molecule has 1 saturated carbocycles. The van der Waals surface area contributed by atoms with Crippen LogP contribution in [0.2, 0.25) is 0 Å². The molecule has 5 nitrogen and oxygen atoms in total. The molecule has 1 aliphatic heterocycles. The van der Waals surface area contributed by atoms with Crippen LogP contribution in [0.1, 0.15) is 36.8 Å². The van der Waals surface area contributed by atoms with Crippen molar-refractivity contribution in [1.29, 1.82) is 0 Å². The standard InChI is InChI=1S/C20H30N2O3.ClH/c1-15-4-5-16(18(12-15)25-11-3-10-24-2)14-22-19(23)17-13-20(17)6-8-21-9-7-20;/h4-5,12,17,21H,3,6-11,13-14H2,1-2H3,(H,22,23);1H. The maximum atomic E-state index is 12.5. The first kappa shape index (κ1) is 21.0. The Labute approximate surface area is 162 Å². The summed E-state index contributed by atoms with van der Waals surface area (Å²) in [4.78, 5) is 12.5. The number of nitrogens with one attached hydrogen (secondary N) is 2. The zero-order valence-corrected chi connectivity index (χ0v) is 16.6. The van der Waals surface area contributed by atoms with Crippen LogP contribution in [0.25, 0.3) is 0 Å². The Bertz CT molecular complexity index is 603. The van der Waals surface area contributed by atoms with Crippen molar-refractivity contribution in [2.45, 2.75) is 39.2 Å². The van der Waals surface area contributed by atoms with Gasteiger partial charge in [0.15, 0.2) is 0 Å². The highest BCUT2D eigenvalue weighted by Gasteiger charge is 2.57. The molecule has 3 rings (SSSR count). The first-order valence-corrected chi connectivity index (χ1v) is 9.34. The minimum atomic E-state index is 0. The minimum Gasteiger partial charge on any atom is -0.493 e. The molecule has 1 spiro atoms. The Morgan fingerprint density at radius 1 is 1.31 bits per heavy atom. The van der Waals surface area contributed by atoms with E-state index in [2.05, 4.69) is 29.7 Å².